The lowest BCUT2D eigenvalue weighted by atomic mass is 10.2. The summed E-state index contributed by atoms with van der Waals surface area (Å²) in [5.41, 5.74) is 1.93. The summed E-state index contributed by atoms with van der Waals surface area (Å²) in [6, 6.07) is 7.63. The van der Waals surface area contributed by atoms with Crippen LogP contribution in [0.15, 0.2) is 24.3 Å². The van der Waals surface area contributed by atoms with E-state index in [-0.39, 0.29) is 17.4 Å². The summed E-state index contributed by atoms with van der Waals surface area (Å²) in [5, 5.41) is 8.54. The van der Waals surface area contributed by atoms with E-state index in [4.69, 9.17) is 47.0 Å². The van der Waals surface area contributed by atoms with Crippen molar-refractivity contribution in [1.29, 1.82) is 0 Å². The first-order valence-corrected chi connectivity index (χ1v) is 7.77. The van der Waals surface area contributed by atoms with Gasteiger partial charge < -0.3 is 16.0 Å². The molecule has 116 valence electrons. The number of alkyl halides is 3. The van der Waals surface area contributed by atoms with Gasteiger partial charge in [-0.1, -0.05) is 59.4 Å². The molecule has 0 saturated carbocycles. The largest absolute Gasteiger partial charge is 0.339 e. The predicted molar refractivity (Wildman–Crippen MR) is 93.0 cm³/mol. The number of carbonyl (C=O) groups is 1. The normalized spacial score (nSPS) is 12.4. The van der Waals surface area contributed by atoms with Gasteiger partial charge in [-0.05, 0) is 31.3 Å². The van der Waals surface area contributed by atoms with E-state index in [1.807, 2.05) is 31.2 Å². The van der Waals surface area contributed by atoms with Crippen molar-refractivity contribution in [3.05, 3.63) is 29.8 Å². The van der Waals surface area contributed by atoms with Crippen LogP contribution in [0.3, 0.4) is 0 Å². The average molecular weight is 369 g/mol. The molecule has 21 heavy (non-hydrogen) atoms. The summed E-state index contributed by atoms with van der Waals surface area (Å²) in [5.74, 6) is -0.253. The molecule has 3 N–H and O–H groups in total. The minimum atomic E-state index is -1.73. The summed E-state index contributed by atoms with van der Waals surface area (Å²) >= 11 is 22.7. The quantitative estimate of drug-likeness (QED) is 0.432. The van der Waals surface area contributed by atoms with E-state index in [2.05, 4.69) is 16.0 Å². The summed E-state index contributed by atoms with van der Waals surface area (Å²) in [6.07, 6.45) is -0.655. The van der Waals surface area contributed by atoms with Crippen molar-refractivity contribution in [2.24, 2.45) is 0 Å². The van der Waals surface area contributed by atoms with E-state index in [9.17, 15) is 4.79 Å². The Labute approximate surface area is 144 Å². The molecule has 0 radical (unpaired) electrons. The fourth-order valence-electron chi connectivity index (χ4n) is 1.40. The third kappa shape index (κ3) is 6.70. The van der Waals surface area contributed by atoms with Gasteiger partial charge in [-0.3, -0.25) is 4.79 Å². The molecule has 0 bridgehead atoms. The van der Waals surface area contributed by atoms with Gasteiger partial charge in [-0.25, -0.2) is 0 Å². The van der Waals surface area contributed by atoms with Gasteiger partial charge in [0.1, 0.15) is 6.17 Å². The highest BCUT2D eigenvalue weighted by molar-refractivity contribution is 7.80. The Bertz CT molecular complexity index is 502. The number of hydrogen-bond acceptors (Lipinski definition) is 2. The topological polar surface area (TPSA) is 53.2 Å². The molecule has 1 rings (SSSR count). The zero-order valence-corrected chi connectivity index (χ0v) is 14.6. The maximum atomic E-state index is 11.5. The van der Waals surface area contributed by atoms with Gasteiger partial charge in [-0.15, -0.1) is 0 Å². The fraction of sp³-hybridized carbons (Fsp3) is 0.385. The van der Waals surface area contributed by atoms with Crippen LogP contribution in [0.1, 0.15) is 18.9 Å². The Morgan fingerprint density at radius 1 is 1.24 bits per heavy atom. The predicted octanol–water partition coefficient (Wildman–Crippen LogP) is 3.50. The number of carbonyl (C=O) groups excluding carboxylic acids is 1. The Morgan fingerprint density at radius 3 is 2.29 bits per heavy atom. The van der Waals surface area contributed by atoms with Gasteiger partial charge in [0, 0.05) is 12.1 Å². The lowest BCUT2D eigenvalue weighted by molar-refractivity contribution is -0.121. The molecular formula is C13H16Cl3N3OS. The van der Waals surface area contributed by atoms with Crippen LogP contribution in [0.4, 0.5) is 5.69 Å². The number of aryl methyl sites for hydroxylation is 1. The maximum absolute atomic E-state index is 11.5. The number of anilines is 1. The van der Waals surface area contributed by atoms with Crippen LogP contribution >= 0.6 is 47.0 Å². The van der Waals surface area contributed by atoms with E-state index >= 15 is 0 Å². The van der Waals surface area contributed by atoms with Crippen LogP contribution in [0, 0.1) is 6.92 Å². The zero-order valence-electron chi connectivity index (χ0n) is 11.5. The van der Waals surface area contributed by atoms with Crippen molar-refractivity contribution in [1.82, 2.24) is 10.6 Å². The standard InChI is InChI=1S/C13H16Cl3N3OS/c1-3-10(20)18-11(13(14,15)16)19-12(21)17-9-6-4-8(2)5-7-9/h4-7,11H,3H2,1-2H3,(H,18,20)(H2,17,19,21). The molecule has 1 amide bonds. The van der Waals surface area contributed by atoms with E-state index in [0.29, 0.717) is 0 Å². The van der Waals surface area contributed by atoms with Crippen LogP contribution in [-0.4, -0.2) is 21.0 Å². The molecule has 0 aliphatic heterocycles. The van der Waals surface area contributed by atoms with Gasteiger partial charge in [0.2, 0.25) is 9.70 Å². The lowest BCUT2D eigenvalue weighted by Crippen LogP contribution is -2.56. The molecule has 1 atom stereocenters. The second kappa shape index (κ2) is 8.03. The molecule has 0 saturated heterocycles. The molecule has 1 aromatic rings. The molecule has 0 fully saturated rings. The number of halogens is 3. The van der Waals surface area contributed by atoms with Crippen molar-refractivity contribution in [3.8, 4) is 0 Å². The molecule has 0 aliphatic rings. The molecule has 4 nitrogen and oxygen atoms in total. The van der Waals surface area contributed by atoms with Gasteiger partial charge in [0.05, 0.1) is 0 Å². The van der Waals surface area contributed by atoms with Crippen molar-refractivity contribution < 1.29 is 4.79 Å². The molecule has 0 aromatic heterocycles. The highest BCUT2D eigenvalue weighted by atomic mass is 35.6. The summed E-state index contributed by atoms with van der Waals surface area (Å²) in [6.45, 7) is 3.69. The number of hydrogen-bond donors (Lipinski definition) is 3. The monoisotopic (exact) mass is 367 g/mol. The average Bonchev–Trinajstić information content (AvgIpc) is 2.39. The maximum Gasteiger partial charge on any atom is 0.228 e. The minimum Gasteiger partial charge on any atom is -0.339 e. The van der Waals surface area contributed by atoms with Crippen LogP contribution in [0.2, 0.25) is 0 Å². The van der Waals surface area contributed by atoms with Crippen molar-refractivity contribution >= 4 is 63.7 Å². The smallest absolute Gasteiger partial charge is 0.228 e. The summed E-state index contributed by atoms with van der Waals surface area (Å²) < 4.78 is -1.73. The second-order valence-electron chi connectivity index (χ2n) is 4.36. The van der Waals surface area contributed by atoms with Crippen LogP contribution < -0.4 is 16.0 Å². The molecule has 1 unspecified atom stereocenters. The Balaban J connectivity index is 2.67. The van der Waals surface area contributed by atoms with Crippen molar-refractivity contribution in [3.63, 3.8) is 0 Å². The van der Waals surface area contributed by atoms with Gasteiger partial charge in [0.15, 0.2) is 5.11 Å². The number of benzene rings is 1. The second-order valence-corrected chi connectivity index (χ2v) is 7.14. The van der Waals surface area contributed by atoms with Crippen molar-refractivity contribution in [2.75, 3.05) is 5.32 Å². The highest BCUT2D eigenvalue weighted by Crippen LogP contribution is 2.29. The Morgan fingerprint density at radius 2 is 1.81 bits per heavy atom. The summed E-state index contributed by atoms with van der Waals surface area (Å²) in [7, 11) is 0. The third-order valence-electron chi connectivity index (χ3n) is 2.54. The highest BCUT2D eigenvalue weighted by Gasteiger charge is 2.34. The first-order chi connectivity index (χ1) is 9.72. The Kier molecular flexibility index (Phi) is 7.00. The van der Waals surface area contributed by atoms with Crippen LogP contribution in [0.25, 0.3) is 0 Å². The number of thiocarbonyl (C=S) groups is 1. The number of rotatable bonds is 4. The number of nitrogens with one attached hydrogen (secondary N) is 3. The van der Waals surface area contributed by atoms with Crippen LogP contribution in [0.5, 0.6) is 0 Å². The third-order valence-corrected chi connectivity index (χ3v) is 3.41. The molecule has 0 heterocycles. The van der Waals surface area contributed by atoms with Gasteiger partial charge >= 0.3 is 0 Å². The first-order valence-electron chi connectivity index (χ1n) is 6.22. The van der Waals surface area contributed by atoms with E-state index in [1.54, 1.807) is 6.92 Å². The van der Waals surface area contributed by atoms with Gasteiger partial charge in [-0.2, -0.15) is 0 Å². The summed E-state index contributed by atoms with van der Waals surface area (Å²) in [4.78, 5) is 11.5. The molecule has 0 aliphatic carbocycles. The van der Waals surface area contributed by atoms with Crippen LogP contribution in [-0.2, 0) is 4.79 Å². The Hall–Kier alpha value is -0.750. The first kappa shape index (κ1) is 18.3. The molecule has 1 aromatic carbocycles. The lowest BCUT2D eigenvalue weighted by Gasteiger charge is -2.27. The minimum absolute atomic E-state index is 0.242. The van der Waals surface area contributed by atoms with E-state index in [1.165, 1.54) is 0 Å². The molecule has 0 spiro atoms. The number of amides is 1. The molecular weight excluding hydrogens is 353 g/mol. The van der Waals surface area contributed by atoms with E-state index in [0.717, 1.165) is 11.3 Å². The van der Waals surface area contributed by atoms with E-state index < -0.39 is 9.96 Å². The zero-order chi connectivity index (χ0) is 16.0. The van der Waals surface area contributed by atoms with Crippen molar-refractivity contribution in [2.45, 2.75) is 30.2 Å². The van der Waals surface area contributed by atoms with Gasteiger partial charge in [0.25, 0.3) is 0 Å². The SMILES string of the molecule is CCC(=O)NC(NC(=S)Nc1ccc(C)cc1)C(Cl)(Cl)Cl. The molecule has 8 heteroatoms. The fourth-order valence-corrected chi connectivity index (χ4v) is 1.96.